The van der Waals surface area contributed by atoms with Gasteiger partial charge in [-0.2, -0.15) is 0 Å². The summed E-state index contributed by atoms with van der Waals surface area (Å²) in [5, 5.41) is 5.64. The molecule has 0 radical (unpaired) electrons. The van der Waals surface area contributed by atoms with Crippen LogP contribution in [0.2, 0.25) is 0 Å². The summed E-state index contributed by atoms with van der Waals surface area (Å²) in [5.41, 5.74) is 1.21. The smallest absolute Gasteiger partial charge is 0.182 e. The molecule has 3 nitrogen and oxygen atoms in total. The lowest BCUT2D eigenvalue weighted by Crippen LogP contribution is -2.24. The molecule has 58 valence electrons. The van der Waals surface area contributed by atoms with Gasteiger partial charge in [0, 0.05) is 0 Å². The van der Waals surface area contributed by atoms with E-state index in [1.165, 1.54) is 0 Å². The van der Waals surface area contributed by atoms with Crippen LogP contribution in [0.4, 0.5) is 8.78 Å². The lowest BCUT2D eigenvalue weighted by Gasteiger charge is -2.00. The maximum Gasteiger partial charge on any atom is 0.182 e. The number of rotatable bonds is 3. The van der Waals surface area contributed by atoms with Crippen LogP contribution in [0.3, 0.4) is 0 Å². The Kier molecular flexibility index (Phi) is 3.90. The zero-order valence-electron chi connectivity index (χ0n) is 4.92. The van der Waals surface area contributed by atoms with Gasteiger partial charge >= 0.3 is 0 Å². The first-order chi connectivity index (χ1) is 4.63. The minimum atomic E-state index is -1.17. The zero-order valence-corrected chi connectivity index (χ0v) is 5.67. The molecule has 0 saturated carbocycles. The number of hydrogen-bond acceptors (Lipinski definition) is 3. The Balaban J connectivity index is 4.43. The Hall–Kier alpha value is -0.680. The summed E-state index contributed by atoms with van der Waals surface area (Å²) in [6, 6.07) is 0. The van der Waals surface area contributed by atoms with E-state index in [-0.39, 0.29) is 0 Å². The van der Waals surface area contributed by atoms with E-state index >= 15 is 0 Å². The molecular weight excluding hydrogens is 164 g/mol. The van der Waals surface area contributed by atoms with E-state index in [4.69, 9.17) is 17.0 Å². The zero-order chi connectivity index (χ0) is 8.15. The molecule has 0 saturated heterocycles. The van der Waals surface area contributed by atoms with E-state index in [9.17, 15) is 8.78 Å². The minimum absolute atomic E-state index is 0.528. The van der Waals surface area contributed by atoms with Crippen LogP contribution in [0.1, 0.15) is 0 Å². The molecule has 0 fully saturated rings. The Morgan fingerprint density at radius 3 is 2.30 bits per heavy atom. The van der Waals surface area contributed by atoms with Gasteiger partial charge in [-0.15, -0.1) is 0 Å². The summed E-state index contributed by atoms with van der Waals surface area (Å²) < 4.78 is 24.0. The van der Waals surface area contributed by atoms with Gasteiger partial charge < -0.3 is 5.43 Å². The van der Waals surface area contributed by atoms with Crippen LogP contribution in [0, 0.1) is 5.41 Å². The summed E-state index contributed by atoms with van der Waals surface area (Å²) in [7, 11) is 0. The van der Waals surface area contributed by atoms with Gasteiger partial charge in [0.2, 0.25) is 0 Å². The number of hydrazine groups is 1. The molecule has 0 unspecified atom stereocenters. The number of halogens is 3. The molecule has 0 aromatic heterocycles. The molecule has 0 aliphatic heterocycles. The molecule has 4 N–H and O–H groups in total. The van der Waals surface area contributed by atoms with Gasteiger partial charge in [-0.1, -0.05) is 11.6 Å². The summed E-state index contributed by atoms with van der Waals surface area (Å²) in [6.07, 6.45) is 0. The molecule has 0 aliphatic carbocycles. The topological polar surface area (TPSA) is 61.9 Å². The maximum atomic E-state index is 12.3. The van der Waals surface area contributed by atoms with Gasteiger partial charge in [-0.25, -0.2) is 8.78 Å². The highest BCUT2D eigenvalue weighted by Crippen LogP contribution is 2.07. The van der Waals surface area contributed by atoms with Gasteiger partial charge in [-0.05, 0) is 0 Å². The molecule has 0 amide bonds. The number of nitrogens with two attached hydrogens (primary N) is 1. The molecule has 0 aromatic carbocycles. The highest BCUT2D eigenvalue weighted by molar-refractivity contribution is 6.68. The number of allylic oxidation sites excluding steroid dienone is 2. The van der Waals surface area contributed by atoms with Crippen molar-refractivity contribution in [2.45, 2.75) is 0 Å². The highest BCUT2D eigenvalue weighted by Gasteiger charge is 2.07. The molecule has 0 heterocycles. The van der Waals surface area contributed by atoms with Crippen LogP contribution in [-0.4, -0.2) is 11.8 Å². The third-order valence-electron chi connectivity index (χ3n) is 0.766. The lowest BCUT2D eigenvalue weighted by atomic mass is 10.4. The molecule has 0 aromatic rings. The van der Waals surface area contributed by atoms with Crippen molar-refractivity contribution in [2.75, 3.05) is 6.67 Å². The van der Waals surface area contributed by atoms with E-state index in [1.54, 1.807) is 5.43 Å². The van der Waals surface area contributed by atoms with Crippen LogP contribution in [0.15, 0.2) is 11.5 Å². The van der Waals surface area contributed by atoms with Crippen molar-refractivity contribution in [3.8, 4) is 0 Å². The third-order valence-corrected chi connectivity index (χ3v) is 0.931. The standard InChI is InChI=1S/C4H6ClF2N3/c5-4(8)3(7)2(1-6)10-9/h8,10H,1,9H2/b3-2+,8-4?. The second-order valence-corrected chi connectivity index (χ2v) is 1.76. The van der Waals surface area contributed by atoms with Crippen molar-refractivity contribution in [3.63, 3.8) is 0 Å². The predicted octanol–water partition coefficient (Wildman–Crippen LogP) is 0.816. The summed E-state index contributed by atoms with van der Waals surface area (Å²) in [6.45, 7) is -1.11. The molecule has 0 spiro atoms. The Morgan fingerprint density at radius 2 is 2.20 bits per heavy atom. The molecule has 0 bridgehead atoms. The second kappa shape index (κ2) is 4.19. The number of hydrogen-bond donors (Lipinski definition) is 3. The van der Waals surface area contributed by atoms with Crippen LogP contribution >= 0.6 is 11.6 Å². The van der Waals surface area contributed by atoms with Crippen LogP contribution in [-0.2, 0) is 0 Å². The van der Waals surface area contributed by atoms with Crippen molar-refractivity contribution < 1.29 is 8.78 Å². The van der Waals surface area contributed by atoms with Gasteiger partial charge in [0.25, 0.3) is 0 Å². The summed E-state index contributed by atoms with van der Waals surface area (Å²) in [5.74, 6) is 3.50. The first-order valence-electron chi connectivity index (χ1n) is 2.29. The monoisotopic (exact) mass is 169 g/mol. The largest absolute Gasteiger partial charge is 0.323 e. The molecule has 10 heavy (non-hydrogen) atoms. The average molecular weight is 170 g/mol. The van der Waals surface area contributed by atoms with Crippen molar-refractivity contribution in [1.29, 1.82) is 5.41 Å². The fourth-order valence-electron chi connectivity index (χ4n) is 0.293. The SMILES string of the molecule is N=C(Cl)/C(F)=C(/CF)NN. The van der Waals surface area contributed by atoms with E-state index in [0.29, 0.717) is 0 Å². The molecule has 0 atom stereocenters. The summed E-state index contributed by atoms with van der Waals surface area (Å²) in [4.78, 5) is 0. The fourth-order valence-corrected chi connectivity index (χ4v) is 0.407. The van der Waals surface area contributed by atoms with Crippen LogP contribution in [0.5, 0.6) is 0 Å². The van der Waals surface area contributed by atoms with Crippen molar-refractivity contribution in [2.24, 2.45) is 5.84 Å². The molecular formula is C4H6ClF2N3. The van der Waals surface area contributed by atoms with Crippen molar-refractivity contribution >= 4 is 16.8 Å². The van der Waals surface area contributed by atoms with Crippen LogP contribution in [0.25, 0.3) is 0 Å². The van der Waals surface area contributed by atoms with Gasteiger partial charge in [0.15, 0.2) is 11.0 Å². The average Bonchev–Trinajstić information content (AvgIpc) is 1.90. The van der Waals surface area contributed by atoms with E-state index in [1.807, 2.05) is 0 Å². The predicted molar refractivity (Wildman–Crippen MR) is 35.0 cm³/mol. The van der Waals surface area contributed by atoms with Crippen molar-refractivity contribution in [1.82, 2.24) is 5.43 Å². The maximum absolute atomic E-state index is 12.3. The van der Waals surface area contributed by atoms with E-state index < -0.39 is 23.4 Å². The normalized spacial score (nSPS) is 12.4. The Bertz CT molecular complexity index is 162. The van der Waals surface area contributed by atoms with Gasteiger partial charge in [-0.3, -0.25) is 11.3 Å². The molecule has 0 aliphatic rings. The molecule has 6 heteroatoms. The molecule has 0 rings (SSSR count). The number of nitrogens with one attached hydrogen (secondary N) is 2. The first-order valence-corrected chi connectivity index (χ1v) is 2.67. The third kappa shape index (κ3) is 2.28. The minimum Gasteiger partial charge on any atom is -0.323 e. The van der Waals surface area contributed by atoms with Gasteiger partial charge in [0.1, 0.15) is 6.67 Å². The van der Waals surface area contributed by atoms with Gasteiger partial charge in [0.05, 0.1) is 5.70 Å². The highest BCUT2D eigenvalue weighted by atomic mass is 35.5. The first kappa shape index (κ1) is 9.32. The quantitative estimate of drug-likeness (QED) is 0.333. The van der Waals surface area contributed by atoms with Crippen LogP contribution < -0.4 is 11.3 Å². The lowest BCUT2D eigenvalue weighted by molar-refractivity contribution is 0.502. The van der Waals surface area contributed by atoms with Crippen molar-refractivity contribution in [3.05, 3.63) is 11.5 Å². The second-order valence-electron chi connectivity index (χ2n) is 1.38. The fraction of sp³-hybridized carbons (Fsp3) is 0.250. The summed E-state index contributed by atoms with van der Waals surface area (Å²) >= 11 is 4.87. The number of alkyl halides is 1. The Morgan fingerprint density at radius 1 is 1.70 bits per heavy atom. The van der Waals surface area contributed by atoms with E-state index in [0.717, 1.165) is 0 Å². The van der Waals surface area contributed by atoms with E-state index in [2.05, 4.69) is 5.84 Å². The Labute approximate surface area is 61.3 Å².